The monoisotopic (exact) mass is 285 g/mol. The van der Waals surface area contributed by atoms with Gasteiger partial charge in [0.25, 0.3) is 0 Å². The zero-order valence-electron chi connectivity index (χ0n) is 12.0. The average Bonchev–Trinajstić information content (AvgIpc) is 2.79. The molecule has 0 bridgehead atoms. The number of nitrogens with one attached hydrogen (secondary N) is 1. The summed E-state index contributed by atoms with van der Waals surface area (Å²) in [4.78, 5) is 9.64. The predicted molar refractivity (Wildman–Crippen MR) is 90.1 cm³/mol. The molecule has 2 atom stereocenters. The Kier molecular flexibility index (Phi) is 2.39. The Hall–Kier alpha value is -2.68. The van der Waals surface area contributed by atoms with Gasteiger partial charge in [-0.3, -0.25) is 4.99 Å². The van der Waals surface area contributed by atoms with Crippen LogP contribution in [0.5, 0.6) is 0 Å². The average molecular weight is 285 g/mol. The first-order valence-electron chi connectivity index (χ1n) is 7.68. The third kappa shape index (κ3) is 1.56. The lowest BCUT2D eigenvalue weighted by Crippen LogP contribution is -2.40. The van der Waals surface area contributed by atoms with E-state index in [2.05, 4.69) is 53.9 Å². The Morgan fingerprint density at radius 2 is 1.86 bits per heavy atom. The first-order valence-corrected chi connectivity index (χ1v) is 7.68. The van der Waals surface area contributed by atoms with Gasteiger partial charge in [-0.2, -0.15) is 0 Å². The number of hydrogen-bond donors (Lipinski definition) is 1. The highest BCUT2D eigenvalue weighted by Crippen LogP contribution is 2.45. The molecule has 3 nitrogen and oxygen atoms in total. The molecular weight excluding hydrogens is 270 g/mol. The van der Waals surface area contributed by atoms with Crippen molar-refractivity contribution in [2.45, 2.75) is 12.3 Å². The third-order valence-electron chi connectivity index (χ3n) is 4.74. The quantitative estimate of drug-likeness (QED) is 0.771. The number of fused-ring (bicyclic) bond motifs is 4. The van der Waals surface area contributed by atoms with Crippen molar-refractivity contribution in [2.24, 2.45) is 15.9 Å². The number of hydrogen-bond acceptors (Lipinski definition) is 3. The molecule has 3 aliphatic heterocycles. The van der Waals surface area contributed by atoms with Crippen molar-refractivity contribution in [1.82, 2.24) is 0 Å². The molecule has 22 heavy (non-hydrogen) atoms. The number of para-hydroxylation sites is 2. The van der Waals surface area contributed by atoms with Crippen LogP contribution in [0.15, 0.2) is 70.8 Å². The van der Waals surface area contributed by atoms with Gasteiger partial charge in [0, 0.05) is 23.4 Å². The smallest absolute Gasteiger partial charge is 0.116 e. The fourth-order valence-corrected chi connectivity index (χ4v) is 3.77. The number of anilines is 1. The molecule has 2 aromatic carbocycles. The van der Waals surface area contributed by atoms with E-state index >= 15 is 0 Å². The second-order valence-electron chi connectivity index (χ2n) is 5.95. The van der Waals surface area contributed by atoms with Crippen molar-refractivity contribution in [3.8, 4) is 0 Å². The SMILES string of the molecule is C1=CN=C2c3ccccc3NC3=Nc4ccccc4C(C1)C32. The van der Waals surface area contributed by atoms with Gasteiger partial charge in [-0.15, -0.1) is 0 Å². The number of rotatable bonds is 0. The molecule has 3 heterocycles. The van der Waals surface area contributed by atoms with E-state index in [4.69, 9.17) is 9.98 Å². The predicted octanol–water partition coefficient (Wildman–Crippen LogP) is 4.26. The van der Waals surface area contributed by atoms with Crippen LogP contribution in [-0.4, -0.2) is 11.5 Å². The Morgan fingerprint density at radius 1 is 1.00 bits per heavy atom. The normalized spacial score (nSPS) is 24.0. The molecule has 0 amide bonds. The molecule has 3 heteroatoms. The zero-order valence-corrected chi connectivity index (χ0v) is 12.0. The maximum absolute atomic E-state index is 4.89. The number of aliphatic imine (C=N–C) groups is 2. The van der Waals surface area contributed by atoms with Gasteiger partial charge in [-0.05, 0) is 24.1 Å². The highest BCUT2D eigenvalue weighted by Gasteiger charge is 2.40. The second kappa shape index (κ2) is 4.41. The standard InChI is InChI=1S/C19H15N3/c1-3-9-15-12(6-1)13-8-5-11-20-18-14-7-2-4-10-16(14)22-19(21-15)17(13)18/h1-7,9-11,13,17H,8H2,(H,21,22). The minimum Gasteiger partial charge on any atom is -0.343 e. The van der Waals surface area contributed by atoms with E-state index in [-0.39, 0.29) is 5.92 Å². The van der Waals surface area contributed by atoms with Crippen LogP contribution in [0, 0.1) is 5.92 Å². The molecule has 0 aromatic heterocycles. The zero-order chi connectivity index (χ0) is 14.5. The highest BCUT2D eigenvalue weighted by atomic mass is 15.0. The Bertz CT molecular complexity index is 860. The lowest BCUT2D eigenvalue weighted by molar-refractivity contribution is 0.645. The van der Waals surface area contributed by atoms with Crippen molar-refractivity contribution in [3.63, 3.8) is 0 Å². The van der Waals surface area contributed by atoms with Gasteiger partial charge < -0.3 is 5.32 Å². The lowest BCUT2D eigenvalue weighted by Gasteiger charge is -2.37. The van der Waals surface area contributed by atoms with E-state index in [0.29, 0.717) is 5.92 Å². The van der Waals surface area contributed by atoms with E-state index in [1.54, 1.807) is 0 Å². The summed E-state index contributed by atoms with van der Waals surface area (Å²) in [6.07, 6.45) is 5.13. The number of benzene rings is 2. The topological polar surface area (TPSA) is 36.8 Å². The fraction of sp³-hybridized carbons (Fsp3) is 0.158. The van der Waals surface area contributed by atoms with Crippen LogP contribution >= 0.6 is 0 Å². The summed E-state index contributed by atoms with van der Waals surface area (Å²) in [5.74, 6) is 1.66. The summed E-state index contributed by atoms with van der Waals surface area (Å²) in [6.45, 7) is 0. The minimum atomic E-state index is 0.222. The molecule has 2 aromatic rings. The Balaban J connectivity index is 1.80. The van der Waals surface area contributed by atoms with Gasteiger partial charge in [0.2, 0.25) is 0 Å². The van der Waals surface area contributed by atoms with Crippen LogP contribution in [0.1, 0.15) is 23.5 Å². The number of nitrogens with zero attached hydrogens (tertiary/aromatic N) is 2. The van der Waals surface area contributed by atoms with Crippen LogP contribution in [0.2, 0.25) is 0 Å². The van der Waals surface area contributed by atoms with Gasteiger partial charge in [-0.25, -0.2) is 4.99 Å². The summed E-state index contributed by atoms with van der Waals surface area (Å²) >= 11 is 0. The summed E-state index contributed by atoms with van der Waals surface area (Å²) in [5, 5.41) is 3.54. The van der Waals surface area contributed by atoms with Crippen LogP contribution in [0.25, 0.3) is 0 Å². The van der Waals surface area contributed by atoms with E-state index < -0.39 is 0 Å². The molecule has 0 saturated carbocycles. The molecule has 5 rings (SSSR count). The molecular formula is C19H15N3. The van der Waals surface area contributed by atoms with Gasteiger partial charge in [0.1, 0.15) is 5.84 Å². The van der Waals surface area contributed by atoms with Crippen molar-refractivity contribution in [3.05, 3.63) is 71.9 Å². The van der Waals surface area contributed by atoms with E-state index in [0.717, 1.165) is 29.3 Å². The van der Waals surface area contributed by atoms with Crippen molar-refractivity contribution >= 4 is 22.9 Å². The van der Waals surface area contributed by atoms with Crippen LogP contribution < -0.4 is 5.32 Å². The molecule has 0 radical (unpaired) electrons. The maximum Gasteiger partial charge on any atom is 0.116 e. The third-order valence-corrected chi connectivity index (χ3v) is 4.74. The van der Waals surface area contributed by atoms with Crippen LogP contribution in [0.3, 0.4) is 0 Å². The molecule has 1 N–H and O–H groups in total. The number of amidine groups is 1. The first kappa shape index (κ1) is 11.9. The largest absolute Gasteiger partial charge is 0.343 e. The summed E-state index contributed by atoms with van der Waals surface area (Å²) in [7, 11) is 0. The van der Waals surface area contributed by atoms with Gasteiger partial charge in [0.05, 0.1) is 17.3 Å². The van der Waals surface area contributed by atoms with E-state index in [1.807, 2.05) is 12.3 Å². The van der Waals surface area contributed by atoms with Crippen molar-refractivity contribution < 1.29 is 0 Å². The van der Waals surface area contributed by atoms with Gasteiger partial charge in [0.15, 0.2) is 0 Å². The van der Waals surface area contributed by atoms with Gasteiger partial charge in [-0.1, -0.05) is 42.5 Å². The summed E-state index contributed by atoms with van der Waals surface area (Å²) in [6, 6.07) is 16.8. The minimum absolute atomic E-state index is 0.222. The molecule has 0 spiro atoms. The lowest BCUT2D eigenvalue weighted by atomic mass is 9.74. The van der Waals surface area contributed by atoms with E-state index in [1.165, 1.54) is 11.1 Å². The maximum atomic E-state index is 4.89. The van der Waals surface area contributed by atoms with Crippen LogP contribution in [0.4, 0.5) is 11.4 Å². The Morgan fingerprint density at radius 3 is 2.86 bits per heavy atom. The number of allylic oxidation sites excluding steroid dienone is 1. The van der Waals surface area contributed by atoms with Crippen LogP contribution in [-0.2, 0) is 0 Å². The fourth-order valence-electron chi connectivity index (χ4n) is 3.77. The molecule has 3 aliphatic rings. The van der Waals surface area contributed by atoms with Gasteiger partial charge >= 0.3 is 0 Å². The molecule has 0 saturated heterocycles. The summed E-state index contributed by atoms with van der Waals surface area (Å²) in [5.41, 5.74) is 5.85. The molecule has 106 valence electrons. The molecule has 0 aliphatic carbocycles. The Labute approximate surface area is 129 Å². The summed E-state index contributed by atoms with van der Waals surface area (Å²) < 4.78 is 0. The van der Waals surface area contributed by atoms with Crippen molar-refractivity contribution in [1.29, 1.82) is 0 Å². The second-order valence-corrected chi connectivity index (χ2v) is 5.95. The molecule has 2 unspecified atom stereocenters. The van der Waals surface area contributed by atoms with E-state index in [9.17, 15) is 0 Å². The first-order chi connectivity index (χ1) is 10.9. The molecule has 0 fully saturated rings. The van der Waals surface area contributed by atoms with Crippen molar-refractivity contribution in [2.75, 3.05) is 5.32 Å². The highest BCUT2D eigenvalue weighted by molar-refractivity contribution is 6.26.